The topological polar surface area (TPSA) is 26.3 Å². The van der Waals surface area contributed by atoms with Gasteiger partial charge in [-0.3, -0.25) is 0 Å². The number of benzene rings is 2. The molecule has 0 fully saturated rings. The Hall–Kier alpha value is -0.590. The molecule has 0 heterocycles. The lowest BCUT2D eigenvalue weighted by atomic mass is 10.2. The molecule has 0 atom stereocenters. The number of hydrogen-bond donors (Lipinski definition) is 0. The van der Waals surface area contributed by atoms with Crippen LogP contribution >= 0.6 is 50.1 Å². The van der Waals surface area contributed by atoms with E-state index in [0.717, 1.165) is 8.04 Å². The van der Waals surface area contributed by atoms with E-state index in [-0.39, 0.29) is 0 Å². The van der Waals surface area contributed by atoms with Gasteiger partial charge in [-0.2, -0.15) is 0 Å². The van der Waals surface area contributed by atoms with Crippen molar-refractivity contribution in [2.75, 3.05) is 0 Å². The van der Waals surface area contributed by atoms with Gasteiger partial charge in [0.2, 0.25) is 0 Å². The molecule has 0 N–H and O–H groups in total. The molecule has 2 aromatic carbocycles. The quantitative estimate of drug-likeness (QED) is 0.379. The number of esters is 1. The van der Waals surface area contributed by atoms with Crippen LogP contribution in [0.15, 0.2) is 46.9 Å². The summed E-state index contributed by atoms with van der Waals surface area (Å²) in [5.74, 6) is -0.0703. The first-order valence-electron chi connectivity index (χ1n) is 4.99. The molecule has 2 aromatic rings. The zero-order chi connectivity index (χ0) is 13.1. The molecule has 0 aliphatic heterocycles. The van der Waals surface area contributed by atoms with Crippen LogP contribution in [0.5, 0.6) is 5.75 Å². The van der Waals surface area contributed by atoms with Gasteiger partial charge in [-0.05, 0) is 65.1 Å². The van der Waals surface area contributed by atoms with Crippen LogP contribution in [0.25, 0.3) is 0 Å². The largest absolute Gasteiger partial charge is 0.421 e. The van der Waals surface area contributed by atoms with Gasteiger partial charge in [-0.25, -0.2) is 4.79 Å². The summed E-state index contributed by atoms with van der Waals surface area (Å²) in [4.78, 5) is 11.9. The highest BCUT2D eigenvalue weighted by Crippen LogP contribution is 2.28. The van der Waals surface area contributed by atoms with Gasteiger partial charge in [0.1, 0.15) is 5.75 Å². The highest BCUT2D eigenvalue weighted by molar-refractivity contribution is 14.1. The Morgan fingerprint density at radius 3 is 2.44 bits per heavy atom. The summed E-state index contributed by atoms with van der Waals surface area (Å²) in [5.41, 5.74) is 0.495. The number of carbonyl (C=O) groups excluding carboxylic acids is 1. The van der Waals surface area contributed by atoms with Gasteiger partial charge >= 0.3 is 5.97 Å². The average molecular weight is 437 g/mol. The first-order valence-corrected chi connectivity index (χ1v) is 7.24. The third-order valence-corrected chi connectivity index (χ3v) is 3.68. The molecular formula is C13H7BrClIO2. The van der Waals surface area contributed by atoms with Crippen LogP contribution in [0.1, 0.15) is 10.4 Å². The van der Waals surface area contributed by atoms with Crippen LogP contribution in [0.4, 0.5) is 0 Å². The molecule has 92 valence electrons. The maximum atomic E-state index is 11.9. The SMILES string of the molecule is O=C(Oc1ccc(Br)cc1Cl)c1ccc(I)cc1. The minimum Gasteiger partial charge on any atom is -0.421 e. The van der Waals surface area contributed by atoms with E-state index in [1.165, 1.54) is 0 Å². The Kier molecular flexibility index (Phi) is 4.64. The second-order valence-corrected chi connectivity index (χ2v) is 6.04. The van der Waals surface area contributed by atoms with E-state index in [1.54, 1.807) is 30.3 Å². The molecule has 0 aliphatic rings. The van der Waals surface area contributed by atoms with Crippen LogP contribution in [-0.4, -0.2) is 5.97 Å². The fourth-order valence-electron chi connectivity index (χ4n) is 1.30. The summed E-state index contributed by atoms with van der Waals surface area (Å²) < 4.78 is 7.13. The first kappa shape index (κ1) is 13.8. The van der Waals surface area contributed by atoms with Crippen molar-refractivity contribution in [3.05, 3.63) is 61.1 Å². The van der Waals surface area contributed by atoms with Crippen molar-refractivity contribution in [1.82, 2.24) is 0 Å². The highest BCUT2D eigenvalue weighted by atomic mass is 127. The maximum Gasteiger partial charge on any atom is 0.343 e. The van der Waals surface area contributed by atoms with Gasteiger partial charge < -0.3 is 4.74 Å². The fraction of sp³-hybridized carbons (Fsp3) is 0. The summed E-state index contributed by atoms with van der Waals surface area (Å²) in [7, 11) is 0. The lowest BCUT2D eigenvalue weighted by Gasteiger charge is -2.06. The van der Waals surface area contributed by atoms with Crippen molar-refractivity contribution >= 4 is 56.1 Å². The van der Waals surface area contributed by atoms with Gasteiger partial charge in [-0.1, -0.05) is 27.5 Å². The molecular weight excluding hydrogens is 430 g/mol. The molecule has 0 bridgehead atoms. The molecule has 18 heavy (non-hydrogen) atoms. The Balaban J connectivity index is 2.18. The molecule has 2 rings (SSSR count). The smallest absolute Gasteiger partial charge is 0.343 e. The number of hydrogen-bond acceptors (Lipinski definition) is 2. The lowest BCUT2D eigenvalue weighted by Crippen LogP contribution is -2.08. The van der Waals surface area contributed by atoms with Crippen molar-refractivity contribution in [2.24, 2.45) is 0 Å². The maximum absolute atomic E-state index is 11.9. The van der Waals surface area contributed by atoms with E-state index in [1.807, 2.05) is 12.1 Å². The second-order valence-electron chi connectivity index (χ2n) is 3.47. The van der Waals surface area contributed by atoms with Gasteiger partial charge in [0.25, 0.3) is 0 Å². The van der Waals surface area contributed by atoms with Crippen molar-refractivity contribution in [1.29, 1.82) is 0 Å². The zero-order valence-electron chi connectivity index (χ0n) is 8.99. The van der Waals surface area contributed by atoms with Gasteiger partial charge in [0, 0.05) is 8.04 Å². The Bertz CT molecular complexity index is 584. The number of carbonyl (C=O) groups is 1. The van der Waals surface area contributed by atoms with Crippen LogP contribution in [-0.2, 0) is 0 Å². The fourth-order valence-corrected chi connectivity index (χ4v) is 2.37. The van der Waals surface area contributed by atoms with Crippen LogP contribution in [0.2, 0.25) is 5.02 Å². The molecule has 0 amide bonds. The van der Waals surface area contributed by atoms with Gasteiger partial charge in [0.15, 0.2) is 0 Å². The average Bonchev–Trinajstić information content (AvgIpc) is 2.33. The van der Waals surface area contributed by atoms with Gasteiger partial charge in [0.05, 0.1) is 10.6 Å². The van der Waals surface area contributed by atoms with E-state index in [2.05, 4.69) is 38.5 Å². The molecule has 0 saturated carbocycles. The number of ether oxygens (including phenoxy) is 1. The second kappa shape index (κ2) is 6.04. The summed E-state index contributed by atoms with van der Waals surface area (Å²) in [5, 5.41) is 0.392. The molecule has 0 aromatic heterocycles. The predicted octanol–water partition coefficient (Wildman–Crippen LogP) is 4.93. The standard InChI is InChI=1S/C13H7BrClIO2/c14-9-3-6-12(11(15)7-9)18-13(17)8-1-4-10(16)5-2-8/h1-7H. The van der Waals surface area contributed by atoms with Gasteiger partial charge in [-0.15, -0.1) is 0 Å². The van der Waals surface area contributed by atoms with Crippen LogP contribution < -0.4 is 4.74 Å². The van der Waals surface area contributed by atoms with Crippen molar-refractivity contribution in [3.8, 4) is 5.75 Å². The Morgan fingerprint density at radius 2 is 1.83 bits per heavy atom. The van der Waals surface area contributed by atoms with Crippen molar-refractivity contribution in [3.63, 3.8) is 0 Å². The third-order valence-electron chi connectivity index (χ3n) is 2.18. The molecule has 5 heteroatoms. The Morgan fingerprint density at radius 1 is 1.17 bits per heavy atom. The molecule has 2 nitrogen and oxygen atoms in total. The molecule has 0 unspecified atom stereocenters. The monoisotopic (exact) mass is 436 g/mol. The van der Waals surface area contributed by atoms with E-state index in [4.69, 9.17) is 16.3 Å². The van der Waals surface area contributed by atoms with E-state index in [0.29, 0.717) is 16.3 Å². The van der Waals surface area contributed by atoms with Crippen LogP contribution in [0.3, 0.4) is 0 Å². The molecule has 0 aliphatic carbocycles. The number of halogens is 3. The van der Waals surface area contributed by atoms with E-state index < -0.39 is 5.97 Å². The first-order chi connectivity index (χ1) is 8.56. The third kappa shape index (κ3) is 3.46. The zero-order valence-corrected chi connectivity index (χ0v) is 13.5. The molecule has 0 spiro atoms. The summed E-state index contributed by atoms with van der Waals surface area (Å²) >= 11 is 11.4. The number of rotatable bonds is 2. The predicted molar refractivity (Wildman–Crippen MR) is 83.3 cm³/mol. The minimum atomic E-state index is -0.421. The summed E-state index contributed by atoms with van der Waals surface area (Å²) in [6, 6.07) is 12.2. The summed E-state index contributed by atoms with van der Waals surface area (Å²) in [6.07, 6.45) is 0. The van der Waals surface area contributed by atoms with E-state index in [9.17, 15) is 4.79 Å². The molecule has 0 saturated heterocycles. The Labute approximate surface area is 132 Å². The van der Waals surface area contributed by atoms with Crippen molar-refractivity contribution in [2.45, 2.75) is 0 Å². The minimum absolute atomic E-state index is 0.350. The highest BCUT2D eigenvalue weighted by Gasteiger charge is 2.11. The molecule has 0 radical (unpaired) electrons. The van der Waals surface area contributed by atoms with Crippen LogP contribution in [0, 0.1) is 3.57 Å². The summed E-state index contributed by atoms with van der Waals surface area (Å²) in [6.45, 7) is 0. The van der Waals surface area contributed by atoms with Crippen molar-refractivity contribution < 1.29 is 9.53 Å². The lowest BCUT2D eigenvalue weighted by molar-refractivity contribution is 0.0735. The normalized spacial score (nSPS) is 10.2. The van der Waals surface area contributed by atoms with E-state index >= 15 is 0 Å².